The average molecular weight is 394 g/mol. The van der Waals surface area contributed by atoms with Crippen LogP contribution >= 0.6 is 0 Å². The third-order valence-corrected chi connectivity index (χ3v) is 6.11. The number of benzene rings is 1. The largest absolute Gasteiger partial charge is 0.504 e. The summed E-state index contributed by atoms with van der Waals surface area (Å²) in [5.41, 5.74) is 0.430. The summed E-state index contributed by atoms with van der Waals surface area (Å²) >= 11 is 0. The van der Waals surface area contributed by atoms with E-state index in [4.69, 9.17) is 4.74 Å². The first-order chi connectivity index (χ1) is 13.4. The molecule has 1 aliphatic rings. The van der Waals surface area contributed by atoms with Gasteiger partial charge in [0.2, 0.25) is 0 Å². The zero-order valence-electron chi connectivity index (χ0n) is 17.9. The number of hydrogen-bond donors (Lipinski definition) is 3. The van der Waals surface area contributed by atoms with Crippen molar-refractivity contribution in [2.24, 2.45) is 0 Å². The number of nitrogens with zero attached hydrogens (tertiary/aromatic N) is 1. The van der Waals surface area contributed by atoms with Crippen LogP contribution in [0.3, 0.4) is 0 Å². The Bertz CT molecular complexity index is 590. The van der Waals surface area contributed by atoms with Crippen LogP contribution in [0.15, 0.2) is 18.2 Å². The fourth-order valence-electron chi connectivity index (χ4n) is 4.50. The Morgan fingerprint density at radius 2 is 2.11 bits per heavy atom. The van der Waals surface area contributed by atoms with E-state index in [0.29, 0.717) is 5.75 Å². The van der Waals surface area contributed by atoms with Gasteiger partial charge in [0.25, 0.3) is 0 Å². The molecule has 1 saturated heterocycles. The summed E-state index contributed by atoms with van der Waals surface area (Å²) in [6, 6.07) is 5.93. The second-order valence-electron chi connectivity index (χ2n) is 8.57. The van der Waals surface area contributed by atoms with Gasteiger partial charge in [-0.05, 0) is 69.7 Å². The maximum absolute atomic E-state index is 11.0. The lowest BCUT2D eigenvalue weighted by atomic mass is 9.87. The lowest BCUT2D eigenvalue weighted by Gasteiger charge is -2.37. The molecular formula is C23H39NO4. The van der Waals surface area contributed by atoms with Gasteiger partial charge in [0, 0.05) is 12.1 Å². The van der Waals surface area contributed by atoms with E-state index in [-0.39, 0.29) is 24.4 Å². The van der Waals surface area contributed by atoms with Crippen molar-refractivity contribution < 1.29 is 20.1 Å². The molecule has 0 saturated carbocycles. The third-order valence-electron chi connectivity index (χ3n) is 6.11. The molecule has 0 aliphatic carbocycles. The van der Waals surface area contributed by atoms with Gasteiger partial charge in [-0.15, -0.1) is 0 Å². The smallest absolute Gasteiger partial charge is 0.160 e. The minimum Gasteiger partial charge on any atom is -0.504 e. The average Bonchev–Trinajstić information content (AvgIpc) is 3.15. The number of phenolic OH excluding ortho intramolecular Hbond substituents is 1. The highest BCUT2D eigenvalue weighted by molar-refractivity contribution is 5.41. The van der Waals surface area contributed by atoms with Crippen molar-refractivity contribution in [3.05, 3.63) is 23.8 Å². The number of ether oxygens (including phenoxy) is 1. The first kappa shape index (κ1) is 23.0. The highest BCUT2D eigenvalue weighted by atomic mass is 16.5. The molecule has 2 rings (SSSR count). The predicted octanol–water partition coefficient (Wildman–Crippen LogP) is 3.88. The monoisotopic (exact) mass is 393 g/mol. The SMILES string of the molecule is CCCCCC(C)(O)CC(CCc1ccc(O)c(OC)c1)N1CCCC1CO. The van der Waals surface area contributed by atoms with E-state index in [2.05, 4.69) is 11.8 Å². The Hall–Kier alpha value is -1.30. The standard InChI is InChI=1S/C23H39NO4/c1-4-5-6-13-23(2,27)16-19(24-14-7-8-20(24)17-25)11-9-18-10-12-21(26)22(15-18)28-3/h10,12,15,19-20,25-27H,4-9,11,13-14,16-17H2,1-3H3. The van der Waals surface area contributed by atoms with Gasteiger partial charge in [-0.3, -0.25) is 4.90 Å². The molecule has 1 aromatic rings. The van der Waals surface area contributed by atoms with Crippen molar-refractivity contribution in [3.8, 4) is 11.5 Å². The summed E-state index contributed by atoms with van der Waals surface area (Å²) in [6.45, 7) is 5.31. The van der Waals surface area contributed by atoms with Crippen molar-refractivity contribution in [2.45, 2.75) is 89.3 Å². The van der Waals surface area contributed by atoms with Crippen molar-refractivity contribution in [1.29, 1.82) is 0 Å². The van der Waals surface area contributed by atoms with Gasteiger partial charge < -0.3 is 20.1 Å². The molecule has 0 aromatic heterocycles. The van der Waals surface area contributed by atoms with Crippen LogP contribution in [0.4, 0.5) is 0 Å². The second-order valence-corrected chi connectivity index (χ2v) is 8.57. The summed E-state index contributed by atoms with van der Waals surface area (Å²) in [5, 5.41) is 30.6. The van der Waals surface area contributed by atoms with E-state index in [1.165, 1.54) is 0 Å². The molecule has 160 valence electrons. The molecule has 0 bridgehead atoms. The highest BCUT2D eigenvalue weighted by Crippen LogP contribution is 2.31. The van der Waals surface area contributed by atoms with Gasteiger partial charge in [-0.2, -0.15) is 0 Å². The Kier molecular flexibility index (Phi) is 9.06. The van der Waals surface area contributed by atoms with Gasteiger partial charge in [0.15, 0.2) is 11.5 Å². The van der Waals surface area contributed by atoms with E-state index in [1.807, 2.05) is 19.1 Å². The van der Waals surface area contributed by atoms with Crippen LogP contribution in [0.5, 0.6) is 11.5 Å². The van der Waals surface area contributed by atoms with Crippen molar-refractivity contribution in [1.82, 2.24) is 4.90 Å². The third kappa shape index (κ3) is 6.64. The second kappa shape index (κ2) is 11.0. The molecule has 3 atom stereocenters. The van der Waals surface area contributed by atoms with Crippen LogP contribution in [0.2, 0.25) is 0 Å². The topological polar surface area (TPSA) is 73.2 Å². The van der Waals surface area contributed by atoms with Crippen molar-refractivity contribution in [2.75, 3.05) is 20.3 Å². The van der Waals surface area contributed by atoms with Gasteiger partial charge in [0.05, 0.1) is 19.3 Å². The Balaban J connectivity index is 2.07. The molecule has 1 aromatic carbocycles. The molecule has 1 heterocycles. The van der Waals surface area contributed by atoms with Crippen LogP contribution in [0.25, 0.3) is 0 Å². The molecule has 0 radical (unpaired) electrons. The fraction of sp³-hybridized carbons (Fsp3) is 0.739. The summed E-state index contributed by atoms with van der Waals surface area (Å²) in [6.07, 6.45) is 8.79. The molecular weight excluding hydrogens is 354 g/mol. The fourth-order valence-corrected chi connectivity index (χ4v) is 4.50. The first-order valence-electron chi connectivity index (χ1n) is 10.8. The molecule has 5 nitrogen and oxygen atoms in total. The van der Waals surface area contributed by atoms with Crippen molar-refractivity contribution >= 4 is 0 Å². The van der Waals surface area contributed by atoms with E-state index in [1.54, 1.807) is 13.2 Å². The van der Waals surface area contributed by atoms with Gasteiger partial charge in [-0.25, -0.2) is 0 Å². The molecule has 1 aliphatic heterocycles. The maximum atomic E-state index is 11.0. The zero-order chi connectivity index (χ0) is 20.6. The number of aliphatic hydroxyl groups is 2. The number of aromatic hydroxyl groups is 1. The maximum Gasteiger partial charge on any atom is 0.160 e. The minimum absolute atomic E-state index is 0.154. The number of rotatable bonds is 12. The molecule has 3 unspecified atom stereocenters. The van der Waals surface area contributed by atoms with Crippen LogP contribution in [0.1, 0.15) is 70.8 Å². The van der Waals surface area contributed by atoms with Gasteiger partial charge >= 0.3 is 0 Å². The number of hydrogen-bond acceptors (Lipinski definition) is 5. The number of methoxy groups -OCH3 is 1. The Morgan fingerprint density at radius 1 is 1.32 bits per heavy atom. The van der Waals surface area contributed by atoms with Crippen LogP contribution in [-0.2, 0) is 6.42 Å². The first-order valence-corrected chi connectivity index (χ1v) is 10.8. The number of aliphatic hydroxyl groups excluding tert-OH is 1. The molecule has 0 spiro atoms. The lowest BCUT2D eigenvalue weighted by molar-refractivity contribution is -0.000968. The van der Waals surface area contributed by atoms with Crippen LogP contribution in [-0.4, -0.2) is 58.2 Å². The van der Waals surface area contributed by atoms with E-state index in [0.717, 1.165) is 69.9 Å². The van der Waals surface area contributed by atoms with Crippen LogP contribution in [0, 0.1) is 0 Å². The van der Waals surface area contributed by atoms with E-state index in [9.17, 15) is 15.3 Å². The van der Waals surface area contributed by atoms with Crippen LogP contribution < -0.4 is 4.74 Å². The van der Waals surface area contributed by atoms with E-state index >= 15 is 0 Å². The minimum atomic E-state index is -0.685. The highest BCUT2D eigenvalue weighted by Gasteiger charge is 2.34. The predicted molar refractivity (Wildman–Crippen MR) is 113 cm³/mol. The molecule has 3 N–H and O–H groups in total. The number of aryl methyl sites for hydroxylation is 1. The number of likely N-dealkylation sites (tertiary alicyclic amines) is 1. The zero-order valence-corrected chi connectivity index (χ0v) is 17.9. The molecule has 28 heavy (non-hydrogen) atoms. The normalized spacial score (nSPS) is 20.8. The quantitative estimate of drug-likeness (QED) is 0.470. The number of phenols is 1. The summed E-state index contributed by atoms with van der Waals surface area (Å²) in [5.74, 6) is 0.650. The lowest BCUT2D eigenvalue weighted by Crippen LogP contribution is -2.45. The Morgan fingerprint density at radius 3 is 2.79 bits per heavy atom. The number of unbranched alkanes of at least 4 members (excludes halogenated alkanes) is 2. The molecule has 5 heteroatoms. The summed E-state index contributed by atoms with van der Waals surface area (Å²) in [4.78, 5) is 2.41. The molecule has 0 amide bonds. The Labute approximate surface area is 170 Å². The van der Waals surface area contributed by atoms with Gasteiger partial charge in [-0.1, -0.05) is 32.3 Å². The van der Waals surface area contributed by atoms with E-state index < -0.39 is 5.60 Å². The van der Waals surface area contributed by atoms with Gasteiger partial charge in [0.1, 0.15) is 0 Å². The summed E-state index contributed by atoms with van der Waals surface area (Å²) in [7, 11) is 1.56. The molecule has 1 fully saturated rings. The summed E-state index contributed by atoms with van der Waals surface area (Å²) < 4.78 is 5.23. The van der Waals surface area contributed by atoms with Crippen molar-refractivity contribution in [3.63, 3.8) is 0 Å².